The van der Waals surface area contributed by atoms with E-state index in [1.165, 1.54) is 0 Å². The average molecular weight is 499 g/mol. The molecule has 0 aromatic heterocycles. The van der Waals surface area contributed by atoms with Crippen molar-refractivity contribution in [2.75, 3.05) is 17.2 Å². The second-order valence-corrected chi connectivity index (χ2v) is 7.84. The van der Waals surface area contributed by atoms with Gasteiger partial charge >= 0.3 is 0 Å². The van der Waals surface area contributed by atoms with Crippen molar-refractivity contribution in [3.63, 3.8) is 0 Å². The molecule has 0 aliphatic carbocycles. The highest BCUT2D eigenvalue weighted by Crippen LogP contribution is 2.15. The summed E-state index contributed by atoms with van der Waals surface area (Å²) in [6, 6.07) is 24.4. The quantitative estimate of drug-likeness (QED) is 0.408. The van der Waals surface area contributed by atoms with Gasteiger partial charge in [-0.1, -0.05) is 36.4 Å². The van der Waals surface area contributed by atoms with Crippen molar-refractivity contribution in [3.8, 4) is 0 Å². The fourth-order valence-corrected chi connectivity index (χ4v) is 3.16. The molecule has 3 aromatic rings. The fourth-order valence-electron chi connectivity index (χ4n) is 2.80. The van der Waals surface area contributed by atoms with Crippen LogP contribution in [0.3, 0.4) is 0 Å². The maximum absolute atomic E-state index is 12.6. The van der Waals surface area contributed by atoms with Gasteiger partial charge in [0.25, 0.3) is 5.91 Å². The predicted molar refractivity (Wildman–Crippen MR) is 125 cm³/mol. The third-order valence-corrected chi connectivity index (χ3v) is 5.07. The van der Waals surface area contributed by atoms with Crippen LogP contribution in [0.25, 0.3) is 0 Å². The lowest BCUT2D eigenvalue weighted by atomic mass is 10.1. The summed E-state index contributed by atoms with van der Waals surface area (Å²) in [6.07, 6.45) is 0. The summed E-state index contributed by atoms with van der Waals surface area (Å²) in [5.41, 5.74) is 2.99. The SMILES string of the molecule is CC(NC(=O)c1cccc(NC(=O)CNc2ccc(I)cc2)c1)c1ccccc1. The third-order valence-electron chi connectivity index (χ3n) is 4.35. The molecule has 3 aromatic carbocycles. The van der Waals surface area contributed by atoms with Crippen LogP contribution in [0.5, 0.6) is 0 Å². The number of anilines is 2. The Bertz CT molecular complexity index is 975. The number of rotatable bonds is 7. The number of carbonyl (C=O) groups excluding carboxylic acids is 2. The van der Waals surface area contributed by atoms with Crippen molar-refractivity contribution in [2.45, 2.75) is 13.0 Å². The van der Waals surface area contributed by atoms with Crippen LogP contribution < -0.4 is 16.0 Å². The van der Waals surface area contributed by atoms with Crippen LogP contribution >= 0.6 is 22.6 Å². The first-order valence-electron chi connectivity index (χ1n) is 9.26. The molecule has 3 N–H and O–H groups in total. The average Bonchev–Trinajstić information content (AvgIpc) is 2.74. The minimum Gasteiger partial charge on any atom is -0.376 e. The molecule has 0 bridgehead atoms. The molecule has 6 heteroatoms. The van der Waals surface area contributed by atoms with Crippen LogP contribution in [0, 0.1) is 3.57 Å². The molecule has 148 valence electrons. The Morgan fingerprint density at radius 3 is 2.34 bits per heavy atom. The Morgan fingerprint density at radius 2 is 1.62 bits per heavy atom. The third kappa shape index (κ3) is 6.32. The Labute approximate surface area is 184 Å². The zero-order chi connectivity index (χ0) is 20.6. The van der Waals surface area contributed by atoms with Crippen molar-refractivity contribution < 1.29 is 9.59 Å². The molecule has 0 radical (unpaired) electrons. The first-order valence-corrected chi connectivity index (χ1v) is 10.3. The van der Waals surface area contributed by atoms with Gasteiger partial charge < -0.3 is 16.0 Å². The van der Waals surface area contributed by atoms with E-state index in [4.69, 9.17) is 0 Å². The first-order chi connectivity index (χ1) is 14.0. The van der Waals surface area contributed by atoms with E-state index in [0.717, 1.165) is 14.8 Å². The van der Waals surface area contributed by atoms with Crippen LogP contribution in [0.4, 0.5) is 11.4 Å². The van der Waals surface area contributed by atoms with Crippen molar-refractivity contribution in [3.05, 3.63) is 93.6 Å². The van der Waals surface area contributed by atoms with Crippen molar-refractivity contribution in [1.82, 2.24) is 5.32 Å². The zero-order valence-corrected chi connectivity index (χ0v) is 18.1. The molecular weight excluding hydrogens is 477 g/mol. The van der Waals surface area contributed by atoms with E-state index < -0.39 is 0 Å². The molecule has 2 amide bonds. The molecular formula is C23H22IN3O2. The van der Waals surface area contributed by atoms with Gasteiger partial charge in [0.05, 0.1) is 12.6 Å². The smallest absolute Gasteiger partial charge is 0.251 e. The second kappa shape index (κ2) is 10.1. The summed E-state index contributed by atoms with van der Waals surface area (Å²) in [6.45, 7) is 2.08. The standard InChI is InChI=1S/C23H22IN3O2/c1-16(17-6-3-2-4-7-17)26-23(29)18-8-5-9-21(14-18)27-22(28)15-25-20-12-10-19(24)11-13-20/h2-14,16,25H,15H2,1H3,(H,26,29)(H,27,28). The molecule has 29 heavy (non-hydrogen) atoms. The molecule has 0 fully saturated rings. The van der Waals surface area contributed by atoms with E-state index in [2.05, 4.69) is 38.5 Å². The fraction of sp³-hybridized carbons (Fsp3) is 0.130. The summed E-state index contributed by atoms with van der Waals surface area (Å²) >= 11 is 2.23. The number of hydrogen-bond acceptors (Lipinski definition) is 3. The van der Waals surface area contributed by atoms with Crippen molar-refractivity contribution in [2.24, 2.45) is 0 Å². The lowest BCUT2D eigenvalue weighted by Gasteiger charge is -2.15. The molecule has 1 unspecified atom stereocenters. The monoisotopic (exact) mass is 499 g/mol. The number of amides is 2. The van der Waals surface area contributed by atoms with E-state index >= 15 is 0 Å². The van der Waals surface area contributed by atoms with Gasteiger partial charge in [0.1, 0.15) is 0 Å². The normalized spacial score (nSPS) is 11.4. The summed E-state index contributed by atoms with van der Waals surface area (Å²) in [4.78, 5) is 24.8. The van der Waals surface area contributed by atoms with Gasteiger partial charge in [-0.15, -0.1) is 0 Å². The maximum Gasteiger partial charge on any atom is 0.251 e. The van der Waals surface area contributed by atoms with Gasteiger partial charge in [-0.05, 0) is 77.5 Å². The molecule has 0 saturated carbocycles. The lowest BCUT2D eigenvalue weighted by Crippen LogP contribution is -2.27. The van der Waals surface area contributed by atoms with Crippen LogP contribution in [0.1, 0.15) is 28.9 Å². The summed E-state index contributed by atoms with van der Waals surface area (Å²) < 4.78 is 1.13. The van der Waals surface area contributed by atoms with Crippen LogP contribution in [-0.2, 0) is 4.79 Å². The molecule has 3 rings (SSSR count). The Hall–Kier alpha value is -2.87. The summed E-state index contributed by atoms with van der Waals surface area (Å²) in [5.74, 6) is -0.367. The van der Waals surface area contributed by atoms with Gasteiger partial charge in [-0.3, -0.25) is 9.59 Å². The van der Waals surface area contributed by atoms with Gasteiger partial charge in [0.2, 0.25) is 5.91 Å². The van der Waals surface area contributed by atoms with Crippen molar-refractivity contribution >= 4 is 45.8 Å². The van der Waals surface area contributed by atoms with E-state index in [1.54, 1.807) is 24.3 Å². The second-order valence-electron chi connectivity index (χ2n) is 6.60. The minimum atomic E-state index is -0.186. The van der Waals surface area contributed by atoms with Crippen LogP contribution in [0.2, 0.25) is 0 Å². The molecule has 0 aliphatic rings. The minimum absolute atomic E-state index is 0.111. The van der Waals surface area contributed by atoms with Gasteiger partial charge in [0, 0.05) is 20.5 Å². The largest absolute Gasteiger partial charge is 0.376 e. The zero-order valence-electron chi connectivity index (χ0n) is 16.0. The molecule has 0 aliphatic heterocycles. The topological polar surface area (TPSA) is 70.2 Å². The predicted octanol–water partition coefficient (Wildman–Crippen LogP) is 4.83. The Kier molecular flexibility index (Phi) is 7.24. The maximum atomic E-state index is 12.6. The molecule has 5 nitrogen and oxygen atoms in total. The number of hydrogen-bond donors (Lipinski definition) is 3. The summed E-state index contributed by atoms with van der Waals surface area (Å²) in [7, 11) is 0. The first kappa shape index (κ1) is 20.9. The molecule has 0 spiro atoms. The highest BCUT2D eigenvalue weighted by atomic mass is 127. The number of benzene rings is 3. The lowest BCUT2D eigenvalue weighted by molar-refractivity contribution is -0.114. The van der Waals surface area contributed by atoms with Crippen LogP contribution in [-0.4, -0.2) is 18.4 Å². The van der Waals surface area contributed by atoms with E-state index in [1.807, 2.05) is 61.5 Å². The van der Waals surface area contributed by atoms with Gasteiger partial charge in [0.15, 0.2) is 0 Å². The van der Waals surface area contributed by atoms with E-state index in [0.29, 0.717) is 11.3 Å². The van der Waals surface area contributed by atoms with Gasteiger partial charge in [-0.2, -0.15) is 0 Å². The van der Waals surface area contributed by atoms with Gasteiger partial charge in [-0.25, -0.2) is 0 Å². The van der Waals surface area contributed by atoms with E-state index in [9.17, 15) is 9.59 Å². The number of carbonyl (C=O) groups is 2. The highest BCUT2D eigenvalue weighted by molar-refractivity contribution is 14.1. The van der Waals surface area contributed by atoms with Crippen molar-refractivity contribution in [1.29, 1.82) is 0 Å². The Morgan fingerprint density at radius 1 is 0.897 bits per heavy atom. The number of nitrogens with one attached hydrogen (secondary N) is 3. The molecule has 1 atom stereocenters. The van der Waals surface area contributed by atoms with E-state index in [-0.39, 0.29) is 24.4 Å². The molecule has 0 saturated heterocycles. The Balaban J connectivity index is 1.56. The highest BCUT2D eigenvalue weighted by Gasteiger charge is 2.12. The number of halogens is 1. The summed E-state index contributed by atoms with van der Waals surface area (Å²) in [5, 5.41) is 8.88. The molecule has 0 heterocycles. The van der Waals surface area contributed by atoms with Crippen LogP contribution in [0.15, 0.2) is 78.9 Å².